The number of aryl methyl sites for hydroxylation is 2. The number of para-hydroxylation sites is 1. The largest absolute Gasteiger partial charge is 0.491 e. The molecule has 0 saturated carbocycles. The van der Waals surface area contributed by atoms with Gasteiger partial charge in [-0.15, -0.1) is 21.5 Å². The van der Waals surface area contributed by atoms with Gasteiger partial charge in [0.05, 0.1) is 43.1 Å². The number of halogens is 1. The van der Waals surface area contributed by atoms with E-state index in [-0.39, 0.29) is 43.0 Å². The molecule has 0 saturated heterocycles. The van der Waals surface area contributed by atoms with Crippen LogP contribution in [0.2, 0.25) is 0 Å². The number of rotatable bonds is 20. The lowest BCUT2D eigenvalue weighted by Crippen LogP contribution is -2.37. The molecule has 57 heavy (non-hydrogen) atoms. The fourth-order valence-electron chi connectivity index (χ4n) is 5.20. The number of fused-ring (bicyclic) bond motifs is 1. The van der Waals surface area contributed by atoms with Crippen LogP contribution in [-0.4, -0.2) is 108 Å². The zero-order chi connectivity index (χ0) is 40.7. The fourth-order valence-corrected chi connectivity index (χ4v) is 7.13. The van der Waals surface area contributed by atoms with E-state index < -0.39 is 11.8 Å². The van der Waals surface area contributed by atoms with Crippen molar-refractivity contribution in [2.45, 2.75) is 33.1 Å². The number of aromatic nitrogens is 4. The first-order valence-corrected chi connectivity index (χ1v) is 19.8. The van der Waals surface area contributed by atoms with E-state index in [0.29, 0.717) is 77.9 Å². The van der Waals surface area contributed by atoms with Crippen LogP contribution in [0.25, 0.3) is 10.2 Å². The SMILES string of the molecule is CCC(=O)NCCOCCNC(=O)CN(C)CC#Cc1ccc(OCCCc2sc(N(C)c3cc(C)c(Nc4nc5ccccc5s4)nn3)nc2C(=O)O)c(F)c1. The summed E-state index contributed by atoms with van der Waals surface area (Å²) in [5, 5.41) is 28.4. The molecule has 0 aliphatic heterocycles. The minimum atomic E-state index is -1.15. The monoisotopic (exact) mass is 817 g/mol. The maximum atomic E-state index is 14.9. The number of nitrogens with zero attached hydrogens (tertiary/aromatic N) is 6. The number of ether oxygens (including phenoxy) is 2. The molecule has 3 aromatic heterocycles. The first-order chi connectivity index (χ1) is 27.5. The second-order valence-electron chi connectivity index (χ2n) is 12.7. The second kappa shape index (κ2) is 21.0. The number of aromatic carboxylic acids is 1. The molecule has 0 aliphatic carbocycles. The molecule has 3 heterocycles. The van der Waals surface area contributed by atoms with Gasteiger partial charge in [-0.25, -0.2) is 19.2 Å². The molecule has 0 bridgehead atoms. The van der Waals surface area contributed by atoms with Crippen molar-refractivity contribution < 1.29 is 33.4 Å². The van der Waals surface area contributed by atoms with Crippen molar-refractivity contribution in [3.63, 3.8) is 0 Å². The Labute approximate surface area is 337 Å². The maximum absolute atomic E-state index is 14.9. The van der Waals surface area contributed by atoms with Gasteiger partial charge in [-0.2, -0.15) is 0 Å². The van der Waals surface area contributed by atoms with Crippen LogP contribution >= 0.6 is 22.7 Å². The molecule has 0 unspecified atom stereocenters. The minimum Gasteiger partial charge on any atom is -0.491 e. The van der Waals surface area contributed by atoms with Crippen molar-refractivity contribution in [1.82, 2.24) is 35.7 Å². The minimum absolute atomic E-state index is 0.0368. The van der Waals surface area contributed by atoms with Crippen LogP contribution in [0.5, 0.6) is 5.75 Å². The molecule has 300 valence electrons. The Morgan fingerprint density at radius 3 is 2.46 bits per heavy atom. The lowest BCUT2D eigenvalue weighted by molar-refractivity contribution is -0.122. The summed E-state index contributed by atoms with van der Waals surface area (Å²) >= 11 is 2.75. The zero-order valence-electron chi connectivity index (χ0n) is 32.1. The number of carbonyl (C=O) groups is 3. The Hall–Kier alpha value is -5.74. The summed E-state index contributed by atoms with van der Waals surface area (Å²) in [6.45, 7) is 5.71. The van der Waals surface area contributed by atoms with Crippen LogP contribution in [0.15, 0.2) is 48.5 Å². The molecule has 0 spiro atoms. The number of carboxylic acid groups (broad SMARTS) is 1. The number of carbonyl (C=O) groups excluding carboxylic acids is 2. The van der Waals surface area contributed by atoms with E-state index in [1.807, 2.05) is 37.3 Å². The van der Waals surface area contributed by atoms with Gasteiger partial charge >= 0.3 is 5.97 Å². The Kier molecular flexibility index (Phi) is 15.6. The molecule has 0 fully saturated rings. The van der Waals surface area contributed by atoms with Gasteiger partial charge < -0.3 is 35.4 Å². The average Bonchev–Trinajstić information content (AvgIpc) is 3.81. The smallest absolute Gasteiger partial charge is 0.355 e. The van der Waals surface area contributed by atoms with Gasteiger partial charge in [0.1, 0.15) is 0 Å². The molecule has 2 amide bonds. The van der Waals surface area contributed by atoms with E-state index in [0.717, 1.165) is 15.8 Å². The molecule has 18 heteroatoms. The number of nitrogens with one attached hydrogen (secondary N) is 3. The van der Waals surface area contributed by atoms with Crippen molar-refractivity contribution in [3.8, 4) is 17.6 Å². The van der Waals surface area contributed by atoms with Crippen LogP contribution in [0.3, 0.4) is 0 Å². The number of amides is 2. The highest BCUT2D eigenvalue weighted by molar-refractivity contribution is 7.22. The molecular formula is C39H44FN9O6S2. The molecule has 5 rings (SSSR count). The standard InChI is InChI=1S/C39H44FN9O6S2/c1-5-33(50)41-16-20-54-21-17-42-34(51)24-48(3)18-8-10-26-14-15-29(27(40)23-26)55-19-9-13-31-35(37(52)53)44-39(57-31)49(4)32-22-25(2)36(47-46-32)45-38-43-28-11-6-7-12-30(28)56-38/h6-7,11-12,14-15,22-23H,5,9,13,16-21,24H2,1-4H3,(H,41,50)(H,42,51)(H,52,53)(H,43,45,47). The number of hydrogen-bond acceptors (Lipinski definition) is 14. The van der Waals surface area contributed by atoms with Gasteiger partial charge in [0, 0.05) is 37.0 Å². The highest BCUT2D eigenvalue weighted by Gasteiger charge is 2.21. The van der Waals surface area contributed by atoms with E-state index in [9.17, 15) is 23.9 Å². The van der Waals surface area contributed by atoms with Crippen LogP contribution in [0.4, 0.5) is 26.3 Å². The summed E-state index contributed by atoms with van der Waals surface area (Å²) in [7, 11) is 3.50. The molecule has 0 atom stereocenters. The van der Waals surface area contributed by atoms with Crippen molar-refractivity contribution in [3.05, 3.63) is 76.0 Å². The fraction of sp³-hybridized carbons (Fsp3) is 0.359. The molecule has 4 N–H and O–H groups in total. The highest BCUT2D eigenvalue weighted by Crippen LogP contribution is 2.33. The summed E-state index contributed by atoms with van der Waals surface area (Å²) in [6, 6.07) is 14.1. The predicted molar refractivity (Wildman–Crippen MR) is 219 cm³/mol. The number of likely N-dealkylation sites (N-methyl/N-ethyl adjacent to an activating group) is 1. The molecule has 0 aliphatic rings. The van der Waals surface area contributed by atoms with E-state index in [1.54, 1.807) is 36.9 Å². The summed E-state index contributed by atoms with van der Waals surface area (Å²) in [4.78, 5) is 48.4. The maximum Gasteiger partial charge on any atom is 0.355 e. The van der Waals surface area contributed by atoms with E-state index >= 15 is 0 Å². The molecule has 15 nitrogen and oxygen atoms in total. The zero-order valence-corrected chi connectivity index (χ0v) is 33.7. The van der Waals surface area contributed by atoms with Crippen molar-refractivity contribution in [1.29, 1.82) is 0 Å². The summed E-state index contributed by atoms with van der Waals surface area (Å²) in [6.07, 6.45) is 1.20. The number of hydrogen-bond donors (Lipinski definition) is 4. The number of carboxylic acids is 1. The summed E-state index contributed by atoms with van der Waals surface area (Å²) in [5.74, 6) is 5.01. The normalized spacial score (nSPS) is 10.9. The molecular weight excluding hydrogens is 774 g/mol. The van der Waals surface area contributed by atoms with Crippen LogP contribution in [0, 0.1) is 24.6 Å². The topological polar surface area (TPSA) is 184 Å². The molecule has 0 radical (unpaired) electrons. The van der Waals surface area contributed by atoms with Gasteiger partial charge in [0.25, 0.3) is 0 Å². The number of thiazole rings is 2. The van der Waals surface area contributed by atoms with Crippen molar-refractivity contribution in [2.75, 3.05) is 70.3 Å². The second-order valence-corrected chi connectivity index (χ2v) is 14.8. The highest BCUT2D eigenvalue weighted by atomic mass is 32.1. The van der Waals surface area contributed by atoms with Gasteiger partial charge in [-0.1, -0.05) is 42.2 Å². The lowest BCUT2D eigenvalue weighted by Gasteiger charge is -2.15. The van der Waals surface area contributed by atoms with E-state index in [2.05, 4.69) is 48.0 Å². The van der Waals surface area contributed by atoms with Gasteiger partial charge in [-0.05, 0) is 68.8 Å². The summed E-state index contributed by atoms with van der Waals surface area (Å²) in [5.41, 5.74) is 2.11. The third-order valence-corrected chi connectivity index (χ3v) is 10.3. The molecule has 2 aromatic carbocycles. The van der Waals surface area contributed by atoms with Crippen LogP contribution < -0.4 is 25.6 Å². The van der Waals surface area contributed by atoms with Crippen molar-refractivity contribution in [2.24, 2.45) is 0 Å². The van der Waals surface area contributed by atoms with Gasteiger partial charge in [0.15, 0.2) is 39.2 Å². The van der Waals surface area contributed by atoms with Crippen LogP contribution in [-0.2, 0) is 20.7 Å². The van der Waals surface area contributed by atoms with E-state index in [4.69, 9.17) is 9.47 Å². The summed E-state index contributed by atoms with van der Waals surface area (Å²) < 4.78 is 27.0. The lowest BCUT2D eigenvalue weighted by atomic mass is 10.2. The van der Waals surface area contributed by atoms with E-state index in [1.165, 1.54) is 34.8 Å². The Bertz CT molecular complexity index is 2210. The third kappa shape index (κ3) is 12.6. The Morgan fingerprint density at radius 2 is 1.74 bits per heavy atom. The third-order valence-electron chi connectivity index (χ3n) is 8.20. The number of anilines is 4. The first kappa shape index (κ1) is 42.4. The van der Waals surface area contributed by atoms with Crippen LogP contribution in [0.1, 0.15) is 46.3 Å². The number of benzene rings is 2. The quantitative estimate of drug-likeness (QED) is 0.0598. The Balaban J connectivity index is 1.05. The van der Waals surface area contributed by atoms with Gasteiger partial charge in [0.2, 0.25) is 11.8 Å². The predicted octanol–water partition coefficient (Wildman–Crippen LogP) is 5.15. The molecule has 5 aromatic rings. The Morgan fingerprint density at radius 1 is 0.965 bits per heavy atom. The van der Waals surface area contributed by atoms with Crippen molar-refractivity contribution >= 4 is 72.6 Å². The average molecular weight is 818 g/mol. The first-order valence-electron chi connectivity index (χ1n) is 18.1. The van der Waals surface area contributed by atoms with Gasteiger partial charge in [-0.3, -0.25) is 14.5 Å².